The van der Waals surface area contributed by atoms with Crippen LogP contribution in [0.15, 0.2) is 36.7 Å². The first-order valence-electron chi connectivity index (χ1n) is 5.27. The van der Waals surface area contributed by atoms with E-state index < -0.39 is 11.7 Å². The highest BCUT2D eigenvalue weighted by atomic mass is 19.4. The van der Waals surface area contributed by atoms with Gasteiger partial charge >= 0.3 is 6.18 Å². The van der Waals surface area contributed by atoms with E-state index in [9.17, 15) is 13.2 Å². The summed E-state index contributed by atoms with van der Waals surface area (Å²) in [6.45, 7) is 1.74. The Labute approximate surface area is 102 Å². The van der Waals surface area contributed by atoms with E-state index in [1.54, 1.807) is 19.1 Å². The van der Waals surface area contributed by atoms with Crippen LogP contribution in [0.1, 0.15) is 11.1 Å². The average molecular weight is 252 g/mol. The monoisotopic (exact) mass is 252 g/mol. The molecule has 1 aromatic carbocycles. The Morgan fingerprint density at radius 1 is 1.11 bits per heavy atom. The molecule has 18 heavy (non-hydrogen) atoms. The van der Waals surface area contributed by atoms with Crippen molar-refractivity contribution in [2.75, 3.05) is 5.73 Å². The van der Waals surface area contributed by atoms with Crippen LogP contribution in [0.2, 0.25) is 0 Å². The van der Waals surface area contributed by atoms with Crippen molar-refractivity contribution in [2.45, 2.75) is 13.1 Å². The lowest BCUT2D eigenvalue weighted by Gasteiger charge is -2.14. The van der Waals surface area contributed by atoms with Gasteiger partial charge in [-0.05, 0) is 36.2 Å². The number of pyridine rings is 1. The minimum Gasteiger partial charge on any atom is -0.399 e. The molecular formula is C13H11F3N2. The molecule has 2 rings (SSSR count). The van der Waals surface area contributed by atoms with E-state index in [-0.39, 0.29) is 5.56 Å². The molecule has 0 spiro atoms. The number of hydrogen-bond acceptors (Lipinski definition) is 2. The van der Waals surface area contributed by atoms with E-state index in [0.29, 0.717) is 11.3 Å². The Bertz CT molecular complexity index is 577. The summed E-state index contributed by atoms with van der Waals surface area (Å²) in [6, 6.07) is 5.85. The fourth-order valence-corrected chi connectivity index (χ4v) is 1.79. The van der Waals surface area contributed by atoms with Crippen molar-refractivity contribution in [1.29, 1.82) is 0 Å². The third-order valence-corrected chi connectivity index (χ3v) is 2.68. The lowest BCUT2D eigenvalue weighted by atomic mass is 9.97. The minimum atomic E-state index is -4.41. The van der Waals surface area contributed by atoms with Gasteiger partial charge in [0.25, 0.3) is 0 Å². The van der Waals surface area contributed by atoms with Crippen LogP contribution >= 0.6 is 0 Å². The molecule has 94 valence electrons. The second-order valence-electron chi connectivity index (χ2n) is 3.99. The molecule has 0 unspecified atom stereocenters. The van der Waals surface area contributed by atoms with Crippen LogP contribution in [0, 0.1) is 6.92 Å². The highest BCUT2D eigenvalue weighted by Gasteiger charge is 2.33. The Morgan fingerprint density at radius 2 is 1.83 bits per heavy atom. The molecule has 0 aliphatic rings. The van der Waals surface area contributed by atoms with Crippen LogP contribution in [0.5, 0.6) is 0 Å². The molecule has 0 saturated carbocycles. The number of anilines is 1. The van der Waals surface area contributed by atoms with Gasteiger partial charge in [-0.2, -0.15) is 13.2 Å². The van der Waals surface area contributed by atoms with Gasteiger partial charge in [0.15, 0.2) is 0 Å². The summed E-state index contributed by atoms with van der Waals surface area (Å²) in [5.74, 6) is 0. The lowest BCUT2D eigenvalue weighted by molar-refractivity contribution is -0.137. The molecule has 0 amide bonds. The molecule has 1 aromatic heterocycles. The van der Waals surface area contributed by atoms with Gasteiger partial charge < -0.3 is 5.73 Å². The highest BCUT2D eigenvalue weighted by molar-refractivity contribution is 5.73. The van der Waals surface area contributed by atoms with E-state index in [1.165, 1.54) is 12.3 Å². The summed E-state index contributed by atoms with van der Waals surface area (Å²) < 4.78 is 38.7. The maximum absolute atomic E-state index is 12.9. The summed E-state index contributed by atoms with van der Waals surface area (Å²) in [6.07, 6.45) is -2.06. The van der Waals surface area contributed by atoms with Gasteiger partial charge in [-0.25, -0.2) is 0 Å². The maximum Gasteiger partial charge on any atom is 0.417 e. The topological polar surface area (TPSA) is 38.9 Å². The summed E-state index contributed by atoms with van der Waals surface area (Å²) in [5.41, 5.74) is 6.57. The van der Waals surface area contributed by atoms with Gasteiger partial charge in [0.1, 0.15) is 0 Å². The predicted octanol–water partition coefficient (Wildman–Crippen LogP) is 3.66. The van der Waals surface area contributed by atoms with Gasteiger partial charge in [0.2, 0.25) is 0 Å². The van der Waals surface area contributed by atoms with Gasteiger partial charge in [-0.1, -0.05) is 6.07 Å². The van der Waals surface area contributed by atoms with E-state index in [2.05, 4.69) is 4.98 Å². The van der Waals surface area contributed by atoms with E-state index in [1.807, 2.05) is 0 Å². The molecule has 0 saturated heterocycles. The largest absolute Gasteiger partial charge is 0.417 e. The number of nitrogens with zero attached hydrogens (tertiary/aromatic N) is 1. The molecule has 0 aliphatic carbocycles. The highest BCUT2D eigenvalue weighted by Crippen LogP contribution is 2.37. The van der Waals surface area contributed by atoms with Gasteiger partial charge in [-0.15, -0.1) is 0 Å². The van der Waals surface area contributed by atoms with E-state index >= 15 is 0 Å². The molecule has 0 radical (unpaired) electrons. The minimum absolute atomic E-state index is 0.0507. The maximum atomic E-state index is 12.9. The third-order valence-electron chi connectivity index (χ3n) is 2.68. The lowest BCUT2D eigenvalue weighted by Crippen LogP contribution is -2.08. The Kier molecular flexibility index (Phi) is 2.98. The van der Waals surface area contributed by atoms with Crippen LogP contribution in [-0.2, 0) is 6.18 Å². The first-order valence-corrected chi connectivity index (χ1v) is 5.27. The Morgan fingerprint density at radius 3 is 2.50 bits per heavy atom. The fourth-order valence-electron chi connectivity index (χ4n) is 1.79. The van der Waals surface area contributed by atoms with Crippen LogP contribution in [-0.4, -0.2) is 4.98 Å². The van der Waals surface area contributed by atoms with Crippen molar-refractivity contribution >= 4 is 5.69 Å². The molecule has 2 nitrogen and oxygen atoms in total. The Balaban J connectivity index is 2.68. The van der Waals surface area contributed by atoms with Crippen LogP contribution in [0.3, 0.4) is 0 Å². The molecule has 2 aromatic rings. The smallest absolute Gasteiger partial charge is 0.399 e. The zero-order valence-corrected chi connectivity index (χ0v) is 9.62. The number of rotatable bonds is 1. The third kappa shape index (κ3) is 2.30. The standard InChI is InChI=1S/C13H11F3N2/c1-8-2-3-9(17)6-10(8)11-7-18-5-4-12(11)13(14,15)16/h2-7H,17H2,1H3. The molecule has 0 bridgehead atoms. The number of alkyl halides is 3. The van der Waals surface area contributed by atoms with Crippen molar-refractivity contribution in [2.24, 2.45) is 0 Å². The number of aromatic nitrogens is 1. The SMILES string of the molecule is Cc1ccc(N)cc1-c1cnccc1C(F)(F)F. The van der Waals surface area contributed by atoms with Crippen molar-refractivity contribution in [1.82, 2.24) is 4.98 Å². The first kappa shape index (κ1) is 12.4. The van der Waals surface area contributed by atoms with Gasteiger partial charge in [-0.3, -0.25) is 4.98 Å². The summed E-state index contributed by atoms with van der Waals surface area (Å²) >= 11 is 0. The second-order valence-corrected chi connectivity index (χ2v) is 3.99. The molecular weight excluding hydrogens is 241 g/mol. The van der Waals surface area contributed by atoms with Gasteiger partial charge in [0, 0.05) is 23.6 Å². The number of hydrogen-bond donors (Lipinski definition) is 1. The van der Waals surface area contributed by atoms with Crippen LogP contribution in [0.4, 0.5) is 18.9 Å². The molecule has 1 heterocycles. The second kappa shape index (κ2) is 4.33. The zero-order valence-electron chi connectivity index (χ0n) is 9.62. The van der Waals surface area contributed by atoms with Crippen LogP contribution < -0.4 is 5.73 Å². The number of halogens is 3. The number of aryl methyl sites for hydroxylation is 1. The molecule has 0 atom stereocenters. The zero-order chi connectivity index (χ0) is 13.3. The Hall–Kier alpha value is -2.04. The van der Waals surface area contributed by atoms with Crippen molar-refractivity contribution in [3.05, 3.63) is 47.8 Å². The quantitative estimate of drug-likeness (QED) is 0.786. The van der Waals surface area contributed by atoms with E-state index in [4.69, 9.17) is 5.73 Å². The summed E-state index contributed by atoms with van der Waals surface area (Å²) in [5, 5.41) is 0. The summed E-state index contributed by atoms with van der Waals surface area (Å²) in [4.78, 5) is 3.77. The van der Waals surface area contributed by atoms with Gasteiger partial charge in [0.05, 0.1) is 5.56 Å². The molecule has 2 N–H and O–H groups in total. The number of nitrogen functional groups attached to an aromatic ring is 1. The molecule has 5 heteroatoms. The number of benzene rings is 1. The predicted molar refractivity (Wildman–Crippen MR) is 63.8 cm³/mol. The van der Waals surface area contributed by atoms with Crippen molar-refractivity contribution in [3.63, 3.8) is 0 Å². The van der Waals surface area contributed by atoms with Crippen molar-refractivity contribution < 1.29 is 13.2 Å². The average Bonchev–Trinajstić information content (AvgIpc) is 2.31. The fraction of sp³-hybridized carbons (Fsp3) is 0.154. The van der Waals surface area contributed by atoms with Crippen molar-refractivity contribution in [3.8, 4) is 11.1 Å². The number of nitrogens with two attached hydrogens (primary N) is 1. The van der Waals surface area contributed by atoms with Crippen LogP contribution in [0.25, 0.3) is 11.1 Å². The normalized spacial score (nSPS) is 11.6. The first-order chi connectivity index (χ1) is 8.39. The molecule has 0 fully saturated rings. The molecule has 0 aliphatic heterocycles. The summed E-state index contributed by atoms with van der Waals surface area (Å²) in [7, 11) is 0. The van der Waals surface area contributed by atoms with E-state index in [0.717, 1.165) is 17.8 Å².